The number of aryl methyl sites for hydroxylation is 1. The number of benzene rings is 2. The van der Waals surface area contributed by atoms with Crippen LogP contribution in [0.2, 0.25) is 0 Å². The van der Waals surface area contributed by atoms with Gasteiger partial charge in [-0.2, -0.15) is 0 Å². The maximum atomic E-state index is 12.9. The molecular weight excluding hydrogens is 311 g/mol. The van der Waals surface area contributed by atoms with Gasteiger partial charge in [0.2, 0.25) is 0 Å². The largest absolute Gasteiger partial charge is 0.290 e. The molecule has 0 bridgehead atoms. The highest BCUT2D eigenvalue weighted by atomic mass is 32.2. The minimum absolute atomic E-state index is 0.0866. The molecule has 1 aliphatic heterocycles. The van der Waals surface area contributed by atoms with E-state index in [2.05, 4.69) is 4.99 Å². The van der Waals surface area contributed by atoms with Crippen molar-refractivity contribution in [3.63, 3.8) is 0 Å². The van der Waals surface area contributed by atoms with E-state index in [1.165, 1.54) is 34.4 Å². The normalized spacial score (nSPS) is 18.2. The van der Waals surface area contributed by atoms with E-state index in [9.17, 15) is 9.18 Å². The van der Waals surface area contributed by atoms with Crippen LogP contribution in [0.25, 0.3) is 6.08 Å². The number of hydrogen-bond acceptors (Lipinski definition) is 3. The number of nitrogens with zero attached hydrogens (tertiary/aromatic N) is 2. The van der Waals surface area contributed by atoms with Crippen molar-refractivity contribution in [2.75, 3.05) is 7.05 Å². The van der Waals surface area contributed by atoms with E-state index in [1.54, 1.807) is 19.2 Å². The lowest BCUT2D eigenvalue weighted by molar-refractivity contribution is -0.121. The molecule has 23 heavy (non-hydrogen) atoms. The molecule has 0 spiro atoms. The fourth-order valence-corrected chi connectivity index (χ4v) is 3.08. The van der Waals surface area contributed by atoms with Crippen LogP contribution in [0.15, 0.2) is 58.4 Å². The number of aliphatic imine (C=N–C) groups is 1. The Balaban J connectivity index is 1.87. The van der Waals surface area contributed by atoms with Gasteiger partial charge in [-0.25, -0.2) is 9.38 Å². The summed E-state index contributed by atoms with van der Waals surface area (Å²) in [6.07, 6.45) is 1.86. The molecule has 0 radical (unpaired) electrons. The molecule has 0 atom stereocenters. The molecule has 1 saturated heterocycles. The molecule has 1 amide bonds. The summed E-state index contributed by atoms with van der Waals surface area (Å²) in [7, 11) is 1.69. The lowest BCUT2D eigenvalue weighted by Crippen LogP contribution is -2.23. The SMILES string of the molecule is Cc1ccc(/C=C2/SC(=Nc3ccc(F)cc3)N(C)C2=O)cc1. The highest BCUT2D eigenvalue weighted by molar-refractivity contribution is 8.18. The molecule has 0 aliphatic carbocycles. The Labute approximate surface area is 138 Å². The van der Waals surface area contributed by atoms with Crippen LogP contribution in [0.1, 0.15) is 11.1 Å². The van der Waals surface area contributed by atoms with Gasteiger partial charge in [-0.15, -0.1) is 0 Å². The molecule has 1 aliphatic rings. The summed E-state index contributed by atoms with van der Waals surface area (Å²) in [6.45, 7) is 2.02. The molecular formula is C18H15FN2OS. The number of halogens is 1. The first kappa shape index (κ1) is 15.5. The van der Waals surface area contributed by atoms with Crippen LogP contribution in [0, 0.1) is 12.7 Å². The van der Waals surface area contributed by atoms with E-state index in [4.69, 9.17) is 0 Å². The number of hydrogen-bond donors (Lipinski definition) is 0. The molecule has 116 valence electrons. The molecule has 5 heteroatoms. The van der Waals surface area contributed by atoms with Crippen molar-refractivity contribution < 1.29 is 9.18 Å². The highest BCUT2D eigenvalue weighted by Gasteiger charge is 2.30. The zero-order valence-corrected chi connectivity index (χ0v) is 13.6. The molecule has 0 saturated carbocycles. The predicted octanol–water partition coefficient (Wildman–Crippen LogP) is 4.37. The third-order valence-electron chi connectivity index (χ3n) is 3.43. The van der Waals surface area contributed by atoms with Gasteiger partial charge in [-0.1, -0.05) is 29.8 Å². The van der Waals surface area contributed by atoms with E-state index >= 15 is 0 Å². The van der Waals surface area contributed by atoms with Gasteiger partial charge in [0.15, 0.2) is 5.17 Å². The molecule has 0 N–H and O–H groups in total. The van der Waals surface area contributed by atoms with Gasteiger partial charge < -0.3 is 0 Å². The summed E-state index contributed by atoms with van der Waals surface area (Å²) in [5.41, 5.74) is 2.77. The molecule has 0 unspecified atom stereocenters. The fourth-order valence-electron chi connectivity index (χ4n) is 2.09. The first-order chi connectivity index (χ1) is 11.0. The third kappa shape index (κ3) is 3.51. The van der Waals surface area contributed by atoms with Crippen LogP contribution in [0.4, 0.5) is 10.1 Å². The van der Waals surface area contributed by atoms with Gasteiger partial charge in [0.1, 0.15) is 5.82 Å². The van der Waals surface area contributed by atoms with Crippen molar-refractivity contribution in [1.29, 1.82) is 0 Å². The zero-order valence-electron chi connectivity index (χ0n) is 12.8. The number of carbonyl (C=O) groups excluding carboxylic acids is 1. The lowest BCUT2D eigenvalue weighted by Gasteiger charge is -2.06. The van der Waals surface area contributed by atoms with Gasteiger partial charge >= 0.3 is 0 Å². The Kier molecular flexibility index (Phi) is 4.30. The molecule has 1 heterocycles. The second kappa shape index (κ2) is 6.38. The Morgan fingerprint density at radius 3 is 2.39 bits per heavy atom. The summed E-state index contributed by atoms with van der Waals surface area (Å²) in [5.74, 6) is -0.395. The Morgan fingerprint density at radius 2 is 1.74 bits per heavy atom. The molecule has 2 aromatic rings. The number of carbonyl (C=O) groups is 1. The van der Waals surface area contributed by atoms with Gasteiger partial charge in [-0.05, 0) is 54.6 Å². The van der Waals surface area contributed by atoms with Gasteiger partial charge in [-0.3, -0.25) is 9.69 Å². The van der Waals surface area contributed by atoms with Crippen molar-refractivity contribution >= 4 is 34.6 Å². The molecule has 3 rings (SSSR count). The van der Waals surface area contributed by atoms with Crippen LogP contribution in [0.3, 0.4) is 0 Å². The summed E-state index contributed by atoms with van der Waals surface area (Å²) in [4.78, 5) is 18.9. The number of rotatable bonds is 2. The molecule has 2 aromatic carbocycles. The van der Waals surface area contributed by atoms with Crippen molar-refractivity contribution in [2.24, 2.45) is 4.99 Å². The topological polar surface area (TPSA) is 32.7 Å². The fraction of sp³-hybridized carbons (Fsp3) is 0.111. The number of thioether (sulfide) groups is 1. The summed E-state index contributed by atoms with van der Waals surface area (Å²) in [5, 5.41) is 0.583. The minimum atomic E-state index is -0.308. The monoisotopic (exact) mass is 326 g/mol. The first-order valence-electron chi connectivity index (χ1n) is 7.11. The van der Waals surface area contributed by atoms with E-state index in [-0.39, 0.29) is 11.7 Å². The number of amides is 1. The molecule has 1 fully saturated rings. The van der Waals surface area contributed by atoms with E-state index in [0.29, 0.717) is 15.8 Å². The second-order valence-corrected chi connectivity index (χ2v) is 6.27. The number of amidine groups is 1. The van der Waals surface area contributed by atoms with Crippen molar-refractivity contribution in [3.8, 4) is 0 Å². The van der Waals surface area contributed by atoms with Crippen LogP contribution >= 0.6 is 11.8 Å². The summed E-state index contributed by atoms with van der Waals surface area (Å²) < 4.78 is 12.9. The van der Waals surface area contributed by atoms with Crippen LogP contribution < -0.4 is 0 Å². The lowest BCUT2D eigenvalue weighted by atomic mass is 10.1. The summed E-state index contributed by atoms with van der Waals surface area (Å²) in [6, 6.07) is 13.8. The standard InChI is InChI=1S/C18H15FN2OS/c1-12-3-5-13(6-4-12)11-16-17(22)21(2)18(23-16)20-15-9-7-14(19)8-10-15/h3-11H,1-2H3/b16-11+,20-18?. The summed E-state index contributed by atoms with van der Waals surface area (Å²) >= 11 is 1.32. The maximum absolute atomic E-state index is 12.9. The van der Waals surface area contributed by atoms with Crippen molar-refractivity contribution in [3.05, 3.63) is 70.4 Å². The average molecular weight is 326 g/mol. The van der Waals surface area contributed by atoms with Crippen LogP contribution in [0.5, 0.6) is 0 Å². The quantitative estimate of drug-likeness (QED) is 0.768. The molecule has 3 nitrogen and oxygen atoms in total. The van der Waals surface area contributed by atoms with Crippen molar-refractivity contribution in [1.82, 2.24) is 4.90 Å². The first-order valence-corrected chi connectivity index (χ1v) is 7.93. The minimum Gasteiger partial charge on any atom is -0.290 e. The van der Waals surface area contributed by atoms with Crippen molar-refractivity contribution in [2.45, 2.75) is 6.92 Å². The van der Waals surface area contributed by atoms with E-state index < -0.39 is 0 Å². The van der Waals surface area contributed by atoms with Gasteiger partial charge in [0.05, 0.1) is 10.6 Å². The van der Waals surface area contributed by atoms with Crippen LogP contribution in [-0.4, -0.2) is 23.0 Å². The second-order valence-electron chi connectivity index (χ2n) is 5.26. The van der Waals surface area contributed by atoms with Gasteiger partial charge in [0, 0.05) is 7.05 Å². The average Bonchev–Trinajstić information content (AvgIpc) is 2.80. The van der Waals surface area contributed by atoms with Gasteiger partial charge in [0.25, 0.3) is 5.91 Å². The van der Waals surface area contributed by atoms with E-state index in [0.717, 1.165) is 5.56 Å². The highest BCUT2D eigenvalue weighted by Crippen LogP contribution is 2.33. The Bertz CT molecular complexity index is 795. The third-order valence-corrected chi connectivity index (χ3v) is 4.49. The van der Waals surface area contributed by atoms with E-state index in [1.807, 2.05) is 37.3 Å². The molecule has 0 aromatic heterocycles. The number of likely N-dealkylation sites (N-methyl/N-ethyl adjacent to an activating group) is 1. The predicted molar refractivity (Wildman–Crippen MR) is 93.0 cm³/mol. The van der Waals surface area contributed by atoms with Crippen LogP contribution in [-0.2, 0) is 4.79 Å². The Hall–Kier alpha value is -2.40. The maximum Gasteiger partial charge on any atom is 0.266 e. The zero-order chi connectivity index (χ0) is 16.4. The Morgan fingerprint density at radius 1 is 1.09 bits per heavy atom. The smallest absolute Gasteiger partial charge is 0.266 e.